The molecule has 0 aromatic rings. The van der Waals surface area contributed by atoms with E-state index in [1.54, 1.807) is 6.92 Å². The van der Waals surface area contributed by atoms with Gasteiger partial charge < -0.3 is 21.5 Å². The number of primary amides is 1. The van der Waals surface area contributed by atoms with Gasteiger partial charge in [0, 0.05) is 13.0 Å². The molecule has 0 radical (unpaired) electrons. The van der Waals surface area contributed by atoms with E-state index < -0.39 is 23.9 Å². The molecule has 0 saturated heterocycles. The van der Waals surface area contributed by atoms with Crippen molar-refractivity contribution in [3.63, 3.8) is 0 Å². The number of amides is 3. The molecule has 0 heterocycles. The van der Waals surface area contributed by atoms with Gasteiger partial charge in [-0.3, -0.25) is 4.79 Å². The SMILES string of the molecule is CCC(C)[C@H](NC(=O)NCCCC(N)=O)C(=O)O. The molecule has 2 atom stereocenters. The minimum Gasteiger partial charge on any atom is -0.480 e. The molecule has 7 nitrogen and oxygen atoms in total. The first-order valence-corrected chi connectivity index (χ1v) is 5.94. The first kappa shape index (κ1) is 16.2. The van der Waals surface area contributed by atoms with E-state index in [1.807, 2.05) is 6.92 Å². The van der Waals surface area contributed by atoms with Crippen molar-refractivity contribution >= 4 is 17.9 Å². The maximum atomic E-state index is 11.4. The number of carboxylic acids is 1. The molecule has 0 bridgehead atoms. The third-order valence-electron chi connectivity index (χ3n) is 2.65. The average Bonchev–Trinajstić information content (AvgIpc) is 2.30. The summed E-state index contributed by atoms with van der Waals surface area (Å²) in [7, 11) is 0. The average molecular weight is 259 g/mol. The van der Waals surface area contributed by atoms with Gasteiger partial charge in [0.2, 0.25) is 5.91 Å². The number of hydrogen-bond donors (Lipinski definition) is 4. The second kappa shape index (κ2) is 8.32. The lowest BCUT2D eigenvalue weighted by Gasteiger charge is -2.20. The topological polar surface area (TPSA) is 122 Å². The number of hydrogen-bond acceptors (Lipinski definition) is 3. The van der Waals surface area contributed by atoms with Gasteiger partial charge in [-0.2, -0.15) is 0 Å². The van der Waals surface area contributed by atoms with Crippen LogP contribution in [0.25, 0.3) is 0 Å². The lowest BCUT2D eigenvalue weighted by Crippen LogP contribution is -2.49. The molecule has 0 fully saturated rings. The van der Waals surface area contributed by atoms with E-state index in [1.165, 1.54) is 0 Å². The Morgan fingerprint density at radius 1 is 1.33 bits per heavy atom. The molecule has 0 aromatic carbocycles. The zero-order chi connectivity index (χ0) is 14.1. The summed E-state index contributed by atoms with van der Waals surface area (Å²) in [5.41, 5.74) is 4.94. The van der Waals surface area contributed by atoms with Crippen molar-refractivity contribution in [3.05, 3.63) is 0 Å². The van der Waals surface area contributed by atoms with Crippen LogP contribution >= 0.6 is 0 Å². The van der Waals surface area contributed by atoms with Gasteiger partial charge in [-0.1, -0.05) is 20.3 Å². The Morgan fingerprint density at radius 2 is 1.94 bits per heavy atom. The maximum Gasteiger partial charge on any atom is 0.326 e. The molecule has 1 unspecified atom stereocenters. The van der Waals surface area contributed by atoms with Crippen LogP contribution in [-0.4, -0.2) is 35.6 Å². The number of aliphatic carboxylic acids is 1. The van der Waals surface area contributed by atoms with E-state index >= 15 is 0 Å². The van der Waals surface area contributed by atoms with Crippen LogP contribution in [0.2, 0.25) is 0 Å². The summed E-state index contributed by atoms with van der Waals surface area (Å²) in [4.78, 5) is 32.8. The minimum absolute atomic E-state index is 0.154. The molecule has 7 heteroatoms. The summed E-state index contributed by atoms with van der Waals surface area (Å²) < 4.78 is 0. The van der Waals surface area contributed by atoms with Crippen LogP contribution in [0.3, 0.4) is 0 Å². The van der Waals surface area contributed by atoms with Crippen molar-refractivity contribution in [2.45, 2.75) is 39.2 Å². The molecule has 18 heavy (non-hydrogen) atoms. The summed E-state index contributed by atoms with van der Waals surface area (Å²) in [5.74, 6) is -1.64. The number of nitrogens with one attached hydrogen (secondary N) is 2. The van der Waals surface area contributed by atoms with Crippen molar-refractivity contribution in [2.75, 3.05) is 6.54 Å². The Morgan fingerprint density at radius 3 is 2.39 bits per heavy atom. The van der Waals surface area contributed by atoms with Crippen LogP contribution in [-0.2, 0) is 9.59 Å². The van der Waals surface area contributed by atoms with Crippen molar-refractivity contribution < 1.29 is 19.5 Å². The smallest absolute Gasteiger partial charge is 0.326 e. The lowest BCUT2D eigenvalue weighted by atomic mass is 9.99. The van der Waals surface area contributed by atoms with Crippen molar-refractivity contribution in [2.24, 2.45) is 11.7 Å². The fraction of sp³-hybridized carbons (Fsp3) is 0.727. The van der Waals surface area contributed by atoms with Gasteiger partial charge in [0.1, 0.15) is 6.04 Å². The zero-order valence-electron chi connectivity index (χ0n) is 10.7. The highest BCUT2D eigenvalue weighted by Gasteiger charge is 2.24. The summed E-state index contributed by atoms with van der Waals surface area (Å²) in [6.07, 6.45) is 1.27. The molecule has 0 aliphatic heterocycles. The second-order valence-electron chi connectivity index (χ2n) is 4.17. The highest BCUT2D eigenvalue weighted by molar-refractivity contribution is 5.82. The second-order valence-corrected chi connectivity index (χ2v) is 4.17. The molecule has 0 spiro atoms. The Kier molecular flexibility index (Phi) is 7.50. The van der Waals surface area contributed by atoms with Crippen LogP contribution in [0.15, 0.2) is 0 Å². The van der Waals surface area contributed by atoms with Gasteiger partial charge in [0.15, 0.2) is 0 Å². The first-order valence-electron chi connectivity index (χ1n) is 5.94. The third-order valence-corrected chi connectivity index (χ3v) is 2.65. The number of nitrogens with two attached hydrogens (primary N) is 1. The van der Waals surface area contributed by atoms with Crippen LogP contribution in [0.1, 0.15) is 33.1 Å². The molecular weight excluding hydrogens is 238 g/mol. The van der Waals surface area contributed by atoms with Crippen LogP contribution in [0.4, 0.5) is 4.79 Å². The van der Waals surface area contributed by atoms with Crippen LogP contribution in [0.5, 0.6) is 0 Å². The maximum absolute atomic E-state index is 11.4. The van der Waals surface area contributed by atoms with Gasteiger partial charge in [-0.15, -0.1) is 0 Å². The molecule has 0 saturated carbocycles. The molecule has 5 N–H and O–H groups in total. The van der Waals surface area contributed by atoms with Crippen molar-refractivity contribution in [1.29, 1.82) is 0 Å². The van der Waals surface area contributed by atoms with Crippen molar-refractivity contribution in [3.8, 4) is 0 Å². The molecule has 3 amide bonds. The third kappa shape index (κ3) is 6.72. The number of carboxylic acid groups (broad SMARTS) is 1. The van der Waals surface area contributed by atoms with E-state index in [2.05, 4.69) is 10.6 Å². The molecule has 0 aliphatic rings. The van der Waals surface area contributed by atoms with E-state index in [0.29, 0.717) is 12.8 Å². The van der Waals surface area contributed by atoms with Gasteiger partial charge >= 0.3 is 12.0 Å². The fourth-order valence-electron chi connectivity index (χ4n) is 1.34. The predicted molar refractivity (Wildman–Crippen MR) is 65.8 cm³/mol. The fourth-order valence-corrected chi connectivity index (χ4v) is 1.34. The van der Waals surface area contributed by atoms with E-state index in [4.69, 9.17) is 10.8 Å². The summed E-state index contributed by atoms with van der Waals surface area (Å²) in [6.45, 7) is 3.89. The van der Waals surface area contributed by atoms with Crippen LogP contribution < -0.4 is 16.4 Å². The Bertz CT molecular complexity index is 307. The van der Waals surface area contributed by atoms with Gasteiger partial charge in [-0.05, 0) is 12.3 Å². The molecule has 0 rings (SSSR count). The number of rotatable bonds is 8. The van der Waals surface area contributed by atoms with E-state index in [-0.39, 0.29) is 18.9 Å². The van der Waals surface area contributed by atoms with Gasteiger partial charge in [0.05, 0.1) is 0 Å². The Hall–Kier alpha value is -1.79. The van der Waals surface area contributed by atoms with E-state index in [0.717, 1.165) is 0 Å². The Balaban J connectivity index is 4.03. The normalized spacial score (nSPS) is 13.4. The standard InChI is InChI=1S/C11H21N3O4/c1-3-7(2)9(10(16)17)14-11(18)13-6-4-5-8(12)15/h7,9H,3-6H2,1-2H3,(H2,12,15)(H,16,17)(H2,13,14,18)/t7?,9-/m0/s1. The van der Waals surface area contributed by atoms with E-state index in [9.17, 15) is 14.4 Å². The van der Waals surface area contributed by atoms with Crippen LogP contribution in [0, 0.1) is 5.92 Å². The van der Waals surface area contributed by atoms with Crippen molar-refractivity contribution in [1.82, 2.24) is 10.6 Å². The predicted octanol–water partition coefficient (Wildman–Crippen LogP) is 0.0504. The summed E-state index contributed by atoms with van der Waals surface area (Å²) >= 11 is 0. The molecular formula is C11H21N3O4. The molecule has 104 valence electrons. The zero-order valence-corrected chi connectivity index (χ0v) is 10.7. The molecule has 0 aliphatic carbocycles. The summed E-state index contributed by atoms with van der Waals surface area (Å²) in [5, 5.41) is 13.8. The molecule has 0 aromatic heterocycles. The quantitative estimate of drug-likeness (QED) is 0.460. The minimum atomic E-state index is -1.06. The first-order chi connectivity index (χ1) is 8.38. The largest absolute Gasteiger partial charge is 0.480 e. The van der Waals surface area contributed by atoms with Gasteiger partial charge in [0.25, 0.3) is 0 Å². The Labute approximate surface area is 106 Å². The monoisotopic (exact) mass is 259 g/mol. The highest BCUT2D eigenvalue weighted by atomic mass is 16.4. The van der Waals surface area contributed by atoms with Gasteiger partial charge in [-0.25, -0.2) is 9.59 Å². The number of carbonyl (C=O) groups excluding carboxylic acids is 2. The number of urea groups is 1. The summed E-state index contributed by atoms with van der Waals surface area (Å²) in [6, 6.07) is -1.46. The highest BCUT2D eigenvalue weighted by Crippen LogP contribution is 2.07. The number of carbonyl (C=O) groups is 3. The lowest BCUT2D eigenvalue weighted by molar-refractivity contribution is -0.140.